The van der Waals surface area contributed by atoms with E-state index in [-0.39, 0.29) is 11.7 Å². The maximum Gasteiger partial charge on any atom is 0.292 e. The summed E-state index contributed by atoms with van der Waals surface area (Å²) in [5.74, 6) is -0.208. The highest BCUT2D eigenvalue weighted by molar-refractivity contribution is 5.89. The van der Waals surface area contributed by atoms with Crippen LogP contribution in [0.4, 0.5) is 0 Å². The Morgan fingerprint density at radius 3 is 2.81 bits per heavy atom. The van der Waals surface area contributed by atoms with Gasteiger partial charge in [-0.3, -0.25) is 4.79 Å². The van der Waals surface area contributed by atoms with Gasteiger partial charge in [0.1, 0.15) is 0 Å². The molecule has 0 saturated heterocycles. The van der Waals surface area contributed by atoms with Gasteiger partial charge in [-0.05, 0) is 24.7 Å². The molecule has 0 unspecified atom stereocenters. The molecule has 0 aliphatic carbocycles. The van der Waals surface area contributed by atoms with E-state index in [0.29, 0.717) is 6.54 Å². The van der Waals surface area contributed by atoms with Gasteiger partial charge in [-0.1, -0.05) is 13.8 Å². The molecule has 1 aromatic rings. The molecule has 1 amide bonds. The van der Waals surface area contributed by atoms with E-state index in [9.17, 15) is 4.79 Å². The minimum Gasteiger partial charge on any atom is -0.348 e. The summed E-state index contributed by atoms with van der Waals surface area (Å²) in [5.41, 5.74) is 0. The third-order valence-corrected chi connectivity index (χ3v) is 2.25. The lowest BCUT2D eigenvalue weighted by molar-refractivity contribution is 0.0938. The lowest BCUT2D eigenvalue weighted by atomic mass is 10.4. The van der Waals surface area contributed by atoms with Gasteiger partial charge in [-0.15, -0.1) is 10.2 Å². The monoisotopic (exact) mass is 226 g/mol. The van der Waals surface area contributed by atoms with Crippen molar-refractivity contribution in [3.63, 3.8) is 0 Å². The summed E-state index contributed by atoms with van der Waals surface area (Å²) < 4.78 is 0. The number of aromatic amines is 1. The van der Waals surface area contributed by atoms with Gasteiger partial charge in [-0.2, -0.15) is 5.21 Å². The van der Waals surface area contributed by atoms with Crippen molar-refractivity contribution in [3.05, 3.63) is 5.82 Å². The Morgan fingerprint density at radius 1 is 1.44 bits per heavy atom. The number of amides is 1. The van der Waals surface area contributed by atoms with E-state index in [1.54, 1.807) is 0 Å². The number of carbonyl (C=O) groups is 1. The number of rotatable bonds is 7. The molecule has 0 spiro atoms. The zero-order chi connectivity index (χ0) is 11.8. The third-order valence-electron chi connectivity index (χ3n) is 2.25. The molecule has 90 valence electrons. The summed E-state index contributed by atoms with van der Waals surface area (Å²) >= 11 is 0. The van der Waals surface area contributed by atoms with Crippen LogP contribution in [0.3, 0.4) is 0 Å². The molecule has 1 aromatic heterocycles. The molecule has 0 saturated carbocycles. The fraction of sp³-hybridized carbons (Fsp3) is 0.778. The van der Waals surface area contributed by atoms with Gasteiger partial charge in [0, 0.05) is 13.1 Å². The molecule has 0 bridgehead atoms. The van der Waals surface area contributed by atoms with Crippen LogP contribution in [0.15, 0.2) is 0 Å². The Morgan fingerprint density at radius 2 is 2.25 bits per heavy atom. The molecular formula is C9H18N6O. The van der Waals surface area contributed by atoms with Crippen molar-refractivity contribution in [2.24, 2.45) is 0 Å². The number of hydrogen-bond acceptors (Lipinski definition) is 5. The quantitative estimate of drug-likeness (QED) is 0.664. The molecule has 7 nitrogen and oxygen atoms in total. The SMILES string of the molecule is CCCN(CC)CCNC(=O)c1nn[nH]n1. The molecular weight excluding hydrogens is 208 g/mol. The van der Waals surface area contributed by atoms with Crippen LogP contribution in [0, 0.1) is 0 Å². The zero-order valence-electron chi connectivity index (χ0n) is 9.73. The Labute approximate surface area is 94.6 Å². The number of nitrogens with one attached hydrogen (secondary N) is 2. The van der Waals surface area contributed by atoms with Crippen molar-refractivity contribution in [1.82, 2.24) is 30.8 Å². The van der Waals surface area contributed by atoms with E-state index in [0.717, 1.165) is 26.1 Å². The number of aromatic nitrogens is 4. The Balaban J connectivity index is 2.22. The number of likely N-dealkylation sites (N-methyl/N-ethyl adjacent to an activating group) is 1. The topological polar surface area (TPSA) is 86.8 Å². The van der Waals surface area contributed by atoms with E-state index in [1.807, 2.05) is 0 Å². The number of tetrazole rings is 1. The molecule has 2 N–H and O–H groups in total. The molecule has 0 atom stereocenters. The Bertz CT molecular complexity index is 299. The normalized spacial score (nSPS) is 10.7. The summed E-state index contributed by atoms with van der Waals surface area (Å²) in [5, 5.41) is 15.5. The van der Waals surface area contributed by atoms with Crippen molar-refractivity contribution < 1.29 is 4.79 Å². The first-order valence-corrected chi connectivity index (χ1v) is 5.52. The molecule has 1 rings (SSSR count). The summed E-state index contributed by atoms with van der Waals surface area (Å²) in [7, 11) is 0. The summed E-state index contributed by atoms with van der Waals surface area (Å²) in [6.07, 6.45) is 1.12. The van der Waals surface area contributed by atoms with E-state index in [4.69, 9.17) is 0 Å². The van der Waals surface area contributed by atoms with Crippen LogP contribution < -0.4 is 5.32 Å². The average molecular weight is 226 g/mol. The van der Waals surface area contributed by atoms with Crippen LogP contribution in [-0.4, -0.2) is 57.6 Å². The van der Waals surface area contributed by atoms with Gasteiger partial charge in [0.05, 0.1) is 0 Å². The zero-order valence-corrected chi connectivity index (χ0v) is 9.73. The number of carbonyl (C=O) groups excluding carboxylic acids is 1. The second-order valence-corrected chi connectivity index (χ2v) is 3.43. The van der Waals surface area contributed by atoms with Crippen molar-refractivity contribution >= 4 is 5.91 Å². The van der Waals surface area contributed by atoms with Gasteiger partial charge in [-0.25, -0.2) is 0 Å². The third kappa shape index (κ3) is 3.93. The minimum atomic E-state index is -0.290. The number of H-pyrrole nitrogens is 1. The molecule has 7 heteroatoms. The largest absolute Gasteiger partial charge is 0.348 e. The molecule has 1 heterocycles. The number of hydrogen-bond donors (Lipinski definition) is 2. The van der Waals surface area contributed by atoms with Crippen LogP contribution in [0.1, 0.15) is 30.9 Å². The van der Waals surface area contributed by atoms with Crippen LogP contribution in [0.5, 0.6) is 0 Å². The molecule has 0 fully saturated rings. The standard InChI is InChI=1S/C9H18N6O/c1-3-6-15(4-2)7-5-10-9(16)8-11-13-14-12-8/h3-7H2,1-2H3,(H,10,16)(H,11,12,13,14). The van der Waals surface area contributed by atoms with Crippen molar-refractivity contribution in [3.8, 4) is 0 Å². The summed E-state index contributed by atoms with van der Waals surface area (Å²) in [6, 6.07) is 0. The van der Waals surface area contributed by atoms with Crippen LogP contribution in [-0.2, 0) is 0 Å². The molecule has 0 aliphatic rings. The van der Waals surface area contributed by atoms with Crippen molar-refractivity contribution in [1.29, 1.82) is 0 Å². The maximum absolute atomic E-state index is 11.4. The highest BCUT2D eigenvalue weighted by Gasteiger charge is 2.09. The summed E-state index contributed by atoms with van der Waals surface area (Å²) in [6.45, 7) is 7.73. The smallest absolute Gasteiger partial charge is 0.292 e. The molecule has 16 heavy (non-hydrogen) atoms. The molecule has 0 aliphatic heterocycles. The van der Waals surface area contributed by atoms with Crippen LogP contribution in [0.2, 0.25) is 0 Å². The van der Waals surface area contributed by atoms with Crippen molar-refractivity contribution in [2.75, 3.05) is 26.2 Å². The van der Waals surface area contributed by atoms with Gasteiger partial charge in [0.25, 0.3) is 11.7 Å². The van der Waals surface area contributed by atoms with E-state index in [2.05, 4.69) is 44.7 Å². The van der Waals surface area contributed by atoms with Gasteiger partial charge in [0.15, 0.2) is 0 Å². The van der Waals surface area contributed by atoms with Gasteiger partial charge >= 0.3 is 0 Å². The molecule has 0 aromatic carbocycles. The second kappa shape index (κ2) is 6.89. The Kier molecular flexibility index (Phi) is 5.41. The average Bonchev–Trinajstić information content (AvgIpc) is 2.81. The lowest BCUT2D eigenvalue weighted by Gasteiger charge is -2.19. The van der Waals surface area contributed by atoms with Crippen LogP contribution in [0.25, 0.3) is 0 Å². The highest BCUT2D eigenvalue weighted by Crippen LogP contribution is 1.89. The van der Waals surface area contributed by atoms with E-state index >= 15 is 0 Å². The Hall–Kier alpha value is -1.50. The predicted octanol–water partition coefficient (Wildman–Crippen LogP) is -0.339. The van der Waals surface area contributed by atoms with E-state index < -0.39 is 0 Å². The van der Waals surface area contributed by atoms with Gasteiger partial charge < -0.3 is 10.2 Å². The second-order valence-electron chi connectivity index (χ2n) is 3.43. The fourth-order valence-corrected chi connectivity index (χ4v) is 1.41. The van der Waals surface area contributed by atoms with Crippen LogP contribution >= 0.6 is 0 Å². The predicted molar refractivity (Wildman–Crippen MR) is 58.9 cm³/mol. The minimum absolute atomic E-state index is 0.0820. The maximum atomic E-state index is 11.4. The molecule has 0 radical (unpaired) electrons. The van der Waals surface area contributed by atoms with E-state index in [1.165, 1.54) is 0 Å². The summed E-state index contributed by atoms with van der Waals surface area (Å²) in [4.78, 5) is 13.7. The fourth-order valence-electron chi connectivity index (χ4n) is 1.41. The first-order valence-electron chi connectivity index (χ1n) is 5.52. The first-order chi connectivity index (χ1) is 7.77. The first kappa shape index (κ1) is 12.6. The highest BCUT2D eigenvalue weighted by atomic mass is 16.2. The van der Waals surface area contributed by atoms with Crippen molar-refractivity contribution in [2.45, 2.75) is 20.3 Å². The lowest BCUT2D eigenvalue weighted by Crippen LogP contribution is -2.35. The number of nitrogens with zero attached hydrogens (tertiary/aromatic N) is 4. The van der Waals surface area contributed by atoms with Gasteiger partial charge in [0.2, 0.25) is 0 Å².